The van der Waals surface area contributed by atoms with Crippen LogP contribution in [0.1, 0.15) is 11.1 Å². The molecule has 0 saturated carbocycles. The van der Waals surface area contributed by atoms with Gasteiger partial charge in [-0.3, -0.25) is 0 Å². The van der Waals surface area contributed by atoms with Crippen LogP contribution in [0.3, 0.4) is 0 Å². The summed E-state index contributed by atoms with van der Waals surface area (Å²) < 4.78 is 5.64. The van der Waals surface area contributed by atoms with E-state index in [1.54, 1.807) is 11.8 Å². The van der Waals surface area contributed by atoms with E-state index in [2.05, 4.69) is 16.3 Å². The van der Waals surface area contributed by atoms with Gasteiger partial charge in [0, 0.05) is 6.07 Å². The molecule has 1 aromatic carbocycles. The van der Waals surface area contributed by atoms with Gasteiger partial charge >= 0.3 is 0 Å². The minimum atomic E-state index is -0.133. The number of aryl methyl sites for hydroxylation is 2. The lowest BCUT2D eigenvalue weighted by Crippen LogP contribution is -1.95. The fraction of sp³-hybridized carbons (Fsp3) is 0.231. The Morgan fingerprint density at radius 3 is 2.58 bits per heavy atom. The molecule has 1 N–H and O–H groups in total. The molecule has 0 unspecified atom stereocenters. The lowest BCUT2D eigenvalue weighted by atomic mass is 10.1. The van der Waals surface area contributed by atoms with Crippen molar-refractivity contribution >= 4 is 23.4 Å². The summed E-state index contributed by atoms with van der Waals surface area (Å²) in [4.78, 5) is 1.00. The molecule has 0 aliphatic heterocycles. The Kier molecular flexibility index (Phi) is 4.17. The summed E-state index contributed by atoms with van der Waals surface area (Å²) in [5.74, 6) is 0.563. The molecule has 0 bridgehead atoms. The molecule has 6 heteroatoms. The zero-order chi connectivity index (χ0) is 14.0. The maximum atomic E-state index is 9.74. The molecule has 1 heterocycles. The van der Waals surface area contributed by atoms with Crippen molar-refractivity contribution in [3.63, 3.8) is 0 Å². The van der Waals surface area contributed by atoms with E-state index in [1.807, 2.05) is 26.2 Å². The van der Waals surface area contributed by atoms with Gasteiger partial charge < -0.3 is 9.84 Å². The molecular formula is C13H13ClN2O2S. The first kappa shape index (κ1) is 14.0. The minimum Gasteiger partial charge on any atom is -0.503 e. The van der Waals surface area contributed by atoms with Gasteiger partial charge in [0.05, 0.1) is 4.90 Å². The van der Waals surface area contributed by atoms with Crippen LogP contribution in [-0.2, 0) is 0 Å². The lowest BCUT2D eigenvalue weighted by Gasteiger charge is -2.12. The van der Waals surface area contributed by atoms with Gasteiger partial charge in [-0.05, 0) is 37.3 Å². The molecule has 0 atom stereocenters. The van der Waals surface area contributed by atoms with E-state index >= 15 is 0 Å². The van der Waals surface area contributed by atoms with Gasteiger partial charge in [-0.1, -0.05) is 17.7 Å². The molecule has 19 heavy (non-hydrogen) atoms. The summed E-state index contributed by atoms with van der Waals surface area (Å²) in [7, 11) is 0. The van der Waals surface area contributed by atoms with Crippen molar-refractivity contribution in [3.8, 4) is 17.4 Å². The first-order valence-corrected chi connectivity index (χ1v) is 7.17. The normalized spacial score (nSPS) is 10.5. The molecule has 1 aromatic heterocycles. The lowest BCUT2D eigenvalue weighted by molar-refractivity contribution is 0.386. The highest BCUT2D eigenvalue weighted by Crippen LogP contribution is 2.37. The minimum absolute atomic E-state index is 0.0460. The predicted molar refractivity (Wildman–Crippen MR) is 76.5 cm³/mol. The number of ether oxygens (including phenoxy) is 1. The maximum Gasteiger partial charge on any atom is 0.281 e. The summed E-state index contributed by atoms with van der Waals surface area (Å²) in [6.07, 6.45) is 1.97. The van der Waals surface area contributed by atoms with E-state index in [9.17, 15) is 5.11 Å². The van der Waals surface area contributed by atoms with Crippen LogP contribution in [0.2, 0.25) is 5.15 Å². The Morgan fingerprint density at radius 2 is 1.95 bits per heavy atom. The first-order valence-electron chi connectivity index (χ1n) is 5.56. The molecule has 4 nitrogen and oxygen atoms in total. The molecule has 2 aromatic rings. The Hall–Kier alpha value is -1.46. The van der Waals surface area contributed by atoms with Gasteiger partial charge in [0.1, 0.15) is 5.75 Å². The van der Waals surface area contributed by atoms with Crippen molar-refractivity contribution in [2.24, 2.45) is 0 Å². The first-order chi connectivity index (χ1) is 9.01. The van der Waals surface area contributed by atoms with E-state index in [0.717, 1.165) is 16.0 Å². The molecule has 0 amide bonds. The van der Waals surface area contributed by atoms with E-state index in [0.29, 0.717) is 5.75 Å². The summed E-state index contributed by atoms with van der Waals surface area (Å²) in [6.45, 7) is 4.00. The average Bonchev–Trinajstić information content (AvgIpc) is 2.32. The van der Waals surface area contributed by atoms with Gasteiger partial charge in [-0.2, -0.15) is 0 Å². The van der Waals surface area contributed by atoms with Gasteiger partial charge in [-0.15, -0.1) is 22.0 Å². The third kappa shape index (κ3) is 3.11. The molecule has 0 fully saturated rings. The maximum absolute atomic E-state index is 9.74. The Morgan fingerprint density at radius 1 is 1.21 bits per heavy atom. The largest absolute Gasteiger partial charge is 0.503 e. The number of aromatic hydroxyl groups is 1. The van der Waals surface area contributed by atoms with Gasteiger partial charge in [0.2, 0.25) is 0 Å². The van der Waals surface area contributed by atoms with Crippen LogP contribution >= 0.6 is 23.4 Å². The summed E-state index contributed by atoms with van der Waals surface area (Å²) in [5.41, 5.74) is 2.19. The predicted octanol–water partition coefficient (Wildman–Crippen LogP) is 3.97. The molecule has 0 aliphatic rings. The number of rotatable bonds is 3. The third-order valence-electron chi connectivity index (χ3n) is 2.51. The Labute approximate surface area is 120 Å². The number of benzene rings is 1. The van der Waals surface area contributed by atoms with Crippen LogP contribution in [0.15, 0.2) is 23.1 Å². The SMILES string of the molecule is CSc1c(C)cc(C)cc1Oc1nnc(Cl)cc1O. The monoisotopic (exact) mass is 296 g/mol. The zero-order valence-corrected chi connectivity index (χ0v) is 12.3. The van der Waals surface area contributed by atoms with Crippen LogP contribution in [0.5, 0.6) is 17.4 Å². The highest BCUT2D eigenvalue weighted by Gasteiger charge is 2.13. The second-order valence-electron chi connectivity index (χ2n) is 4.07. The number of aromatic nitrogens is 2. The smallest absolute Gasteiger partial charge is 0.281 e. The Bertz CT molecular complexity index is 620. The third-order valence-corrected chi connectivity index (χ3v) is 3.62. The highest BCUT2D eigenvalue weighted by atomic mass is 35.5. The van der Waals surface area contributed by atoms with E-state index < -0.39 is 0 Å². The molecule has 2 rings (SSSR count). The number of nitrogens with zero attached hydrogens (tertiary/aromatic N) is 2. The van der Waals surface area contributed by atoms with Crippen molar-refractivity contribution in [3.05, 3.63) is 34.5 Å². The van der Waals surface area contributed by atoms with Crippen molar-refractivity contribution in [2.45, 2.75) is 18.7 Å². The van der Waals surface area contributed by atoms with Crippen molar-refractivity contribution in [1.82, 2.24) is 10.2 Å². The summed E-state index contributed by atoms with van der Waals surface area (Å²) in [5, 5.41) is 17.3. The second kappa shape index (κ2) is 5.67. The van der Waals surface area contributed by atoms with E-state index in [1.165, 1.54) is 6.07 Å². The van der Waals surface area contributed by atoms with Crippen molar-refractivity contribution in [2.75, 3.05) is 6.26 Å². The molecule has 0 spiro atoms. The Balaban J connectivity index is 2.42. The molecular weight excluding hydrogens is 284 g/mol. The highest BCUT2D eigenvalue weighted by molar-refractivity contribution is 7.98. The van der Waals surface area contributed by atoms with Gasteiger partial charge in [0.25, 0.3) is 5.88 Å². The van der Waals surface area contributed by atoms with Crippen molar-refractivity contribution < 1.29 is 9.84 Å². The van der Waals surface area contributed by atoms with Crippen LogP contribution in [0.25, 0.3) is 0 Å². The van der Waals surface area contributed by atoms with Gasteiger partial charge in [0.15, 0.2) is 10.9 Å². The molecule has 0 saturated heterocycles. The number of hydrogen-bond donors (Lipinski definition) is 1. The summed E-state index contributed by atoms with van der Waals surface area (Å²) in [6, 6.07) is 5.27. The fourth-order valence-corrected chi connectivity index (χ4v) is 2.60. The number of hydrogen-bond acceptors (Lipinski definition) is 5. The topological polar surface area (TPSA) is 55.2 Å². The van der Waals surface area contributed by atoms with Crippen LogP contribution in [0, 0.1) is 13.8 Å². The molecule has 0 radical (unpaired) electrons. The fourth-order valence-electron chi connectivity index (χ4n) is 1.78. The number of thioether (sulfide) groups is 1. The quantitative estimate of drug-likeness (QED) is 0.869. The van der Waals surface area contributed by atoms with Crippen LogP contribution < -0.4 is 4.74 Å². The zero-order valence-electron chi connectivity index (χ0n) is 10.8. The van der Waals surface area contributed by atoms with Crippen LogP contribution in [-0.4, -0.2) is 21.6 Å². The number of halogens is 1. The van der Waals surface area contributed by atoms with Gasteiger partial charge in [-0.25, -0.2) is 0 Å². The average molecular weight is 297 g/mol. The van der Waals surface area contributed by atoms with Crippen molar-refractivity contribution in [1.29, 1.82) is 0 Å². The second-order valence-corrected chi connectivity index (χ2v) is 5.28. The molecule has 100 valence electrons. The van der Waals surface area contributed by atoms with Crippen LogP contribution in [0.4, 0.5) is 0 Å². The molecule has 0 aliphatic carbocycles. The van der Waals surface area contributed by atoms with E-state index in [4.69, 9.17) is 16.3 Å². The van der Waals surface area contributed by atoms with E-state index in [-0.39, 0.29) is 16.8 Å². The summed E-state index contributed by atoms with van der Waals surface area (Å²) >= 11 is 7.21. The standard InChI is InChI=1S/C13H13ClN2O2S/c1-7-4-8(2)12(19-3)10(5-7)18-13-9(17)6-11(14)15-16-13/h4-6H,1-3H3,(H,15,17).